The second-order valence-electron chi connectivity index (χ2n) is 9.06. The summed E-state index contributed by atoms with van der Waals surface area (Å²) in [6.07, 6.45) is -0.809. The van der Waals surface area contributed by atoms with Crippen molar-refractivity contribution in [3.63, 3.8) is 0 Å². The number of halogens is 3. The first kappa shape index (κ1) is 30.8. The van der Waals surface area contributed by atoms with E-state index < -0.39 is 36.2 Å². The molecule has 13 nitrogen and oxygen atoms in total. The number of hydrogen-bond acceptors (Lipinski definition) is 8. The molecule has 3 rings (SSSR count). The van der Waals surface area contributed by atoms with Crippen molar-refractivity contribution in [2.45, 2.75) is 44.4 Å². The number of carbonyl (C=O) groups is 3. The van der Waals surface area contributed by atoms with Crippen LogP contribution in [0.5, 0.6) is 0 Å². The van der Waals surface area contributed by atoms with E-state index in [2.05, 4.69) is 35.3 Å². The third-order valence-electron chi connectivity index (χ3n) is 5.78. The highest BCUT2D eigenvalue weighted by atomic mass is 19.4. The van der Waals surface area contributed by atoms with Crippen LogP contribution >= 0.6 is 0 Å². The average molecular weight is 579 g/mol. The first-order valence-electron chi connectivity index (χ1n) is 12.4. The number of alkyl halides is 3. The smallest absolute Gasteiger partial charge is 0.407 e. The molecule has 16 heteroatoms. The van der Waals surface area contributed by atoms with Crippen LogP contribution in [0.15, 0.2) is 41.6 Å². The van der Waals surface area contributed by atoms with Crippen molar-refractivity contribution in [2.75, 3.05) is 26.5 Å². The van der Waals surface area contributed by atoms with E-state index in [0.29, 0.717) is 0 Å². The number of pyridine rings is 1. The van der Waals surface area contributed by atoms with E-state index in [9.17, 15) is 32.3 Å². The molecule has 1 unspecified atom stereocenters. The van der Waals surface area contributed by atoms with Crippen LogP contribution in [0.3, 0.4) is 0 Å². The number of amides is 3. The lowest BCUT2D eigenvalue weighted by atomic mass is 10.1. The molecular weight excluding hydrogens is 549 g/mol. The van der Waals surface area contributed by atoms with Gasteiger partial charge in [0.2, 0.25) is 11.8 Å². The standard InChI is InChI=1S/C25H29F3N8O5/c1-35(2)19(37)9-5-4-7-16(32-24(40)41-3)22(38)31-17-8-6-12-36(23(17)39)13-18-33-20-15(10-11-25(26,27)28)29-14-30-21(20)34-18/h5-6,8-9,12,14,16H,4,7,10-11,13H2,1-3H3,(H,31,38)(H,32,40)(H,29,30,33,34). The predicted octanol–water partition coefficient (Wildman–Crippen LogP) is 2.15. The molecule has 0 saturated carbocycles. The van der Waals surface area contributed by atoms with Gasteiger partial charge in [-0.05, 0) is 31.1 Å². The van der Waals surface area contributed by atoms with Crippen molar-refractivity contribution in [3.05, 3.63) is 58.7 Å². The molecule has 0 spiro atoms. The molecule has 0 saturated heterocycles. The Balaban J connectivity index is 1.75. The minimum atomic E-state index is -4.36. The molecule has 0 aliphatic heterocycles. The normalized spacial score (nSPS) is 12.3. The number of aryl methyl sites for hydroxylation is 1. The van der Waals surface area contributed by atoms with Gasteiger partial charge in [0.05, 0.1) is 19.3 Å². The third kappa shape index (κ3) is 8.87. The van der Waals surface area contributed by atoms with Crippen molar-refractivity contribution in [1.29, 1.82) is 0 Å². The second kappa shape index (κ2) is 13.5. The van der Waals surface area contributed by atoms with Crippen LogP contribution in [-0.4, -0.2) is 80.7 Å². The average Bonchev–Trinajstić information content (AvgIpc) is 3.33. The summed E-state index contributed by atoms with van der Waals surface area (Å²) in [6.45, 7) is -0.105. The van der Waals surface area contributed by atoms with E-state index in [-0.39, 0.29) is 60.1 Å². The van der Waals surface area contributed by atoms with E-state index in [1.165, 1.54) is 33.9 Å². The summed E-state index contributed by atoms with van der Waals surface area (Å²) in [5.74, 6) is -0.694. The Labute approximate surface area is 231 Å². The maximum Gasteiger partial charge on any atom is 0.407 e. The quantitative estimate of drug-likeness (QED) is 0.291. The SMILES string of the molecule is COC(=O)NC(CCC=CC(=O)N(C)C)C(=O)Nc1cccn(Cc2nc3ncnc(CCC(F)(F)F)c3[nH]2)c1=O. The Kier molecular flexibility index (Phi) is 10.2. The van der Waals surface area contributed by atoms with Crippen molar-refractivity contribution < 1.29 is 32.3 Å². The molecule has 41 heavy (non-hydrogen) atoms. The highest BCUT2D eigenvalue weighted by Crippen LogP contribution is 2.23. The Morgan fingerprint density at radius 3 is 2.68 bits per heavy atom. The summed E-state index contributed by atoms with van der Waals surface area (Å²) < 4.78 is 43.9. The lowest BCUT2D eigenvalue weighted by Crippen LogP contribution is -2.44. The number of aromatic nitrogens is 5. The fraction of sp³-hybridized carbons (Fsp3) is 0.400. The molecule has 0 fully saturated rings. The number of allylic oxidation sites excluding steroid dienone is 1. The molecule has 0 aliphatic rings. The predicted molar refractivity (Wildman–Crippen MR) is 141 cm³/mol. The second-order valence-corrected chi connectivity index (χ2v) is 9.06. The summed E-state index contributed by atoms with van der Waals surface area (Å²) in [6, 6.07) is 1.80. The number of alkyl carbamates (subject to hydrolysis) is 1. The molecule has 0 aliphatic carbocycles. The van der Waals surface area contributed by atoms with Gasteiger partial charge in [-0.15, -0.1) is 0 Å². The summed E-state index contributed by atoms with van der Waals surface area (Å²) in [4.78, 5) is 65.9. The van der Waals surface area contributed by atoms with Gasteiger partial charge in [0.15, 0.2) is 5.65 Å². The van der Waals surface area contributed by atoms with Gasteiger partial charge in [-0.25, -0.2) is 19.7 Å². The molecule has 1 atom stereocenters. The van der Waals surface area contributed by atoms with Crippen LogP contribution in [0.1, 0.15) is 30.8 Å². The van der Waals surface area contributed by atoms with Gasteiger partial charge in [0.1, 0.15) is 29.4 Å². The summed E-state index contributed by atoms with van der Waals surface area (Å²) in [5, 5.41) is 4.90. The Morgan fingerprint density at radius 2 is 2.00 bits per heavy atom. The number of aromatic amines is 1. The number of nitrogens with one attached hydrogen (secondary N) is 3. The van der Waals surface area contributed by atoms with Gasteiger partial charge in [0, 0.05) is 33.1 Å². The van der Waals surface area contributed by atoms with Crippen LogP contribution in [0.2, 0.25) is 0 Å². The number of fused-ring (bicyclic) bond motifs is 1. The Bertz CT molecular complexity index is 1480. The molecular formula is C25H29F3N8O5. The number of carbonyl (C=O) groups excluding carboxylic acids is 3. The van der Waals surface area contributed by atoms with Crippen LogP contribution in [0.25, 0.3) is 11.2 Å². The number of ether oxygens (including phenoxy) is 1. The number of H-pyrrole nitrogens is 1. The first-order valence-corrected chi connectivity index (χ1v) is 12.4. The minimum absolute atomic E-state index is 0.0886. The zero-order valence-corrected chi connectivity index (χ0v) is 22.5. The minimum Gasteiger partial charge on any atom is -0.453 e. The fourth-order valence-corrected chi connectivity index (χ4v) is 3.65. The van der Waals surface area contributed by atoms with Crippen LogP contribution < -0.4 is 16.2 Å². The van der Waals surface area contributed by atoms with Gasteiger partial charge in [-0.1, -0.05) is 6.08 Å². The van der Waals surface area contributed by atoms with E-state index in [4.69, 9.17) is 0 Å². The summed E-state index contributed by atoms with van der Waals surface area (Å²) >= 11 is 0. The zero-order valence-electron chi connectivity index (χ0n) is 22.5. The lowest BCUT2D eigenvalue weighted by Gasteiger charge is -2.17. The zero-order chi connectivity index (χ0) is 30.2. The number of hydrogen-bond donors (Lipinski definition) is 3. The Hall–Kier alpha value is -4.76. The highest BCUT2D eigenvalue weighted by molar-refractivity contribution is 5.96. The number of anilines is 1. The number of rotatable bonds is 11. The summed E-state index contributed by atoms with van der Waals surface area (Å²) in [5.41, 5.74) is -0.151. The van der Waals surface area contributed by atoms with Gasteiger partial charge >= 0.3 is 12.3 Å². The molecule has 220 valence electrons. The van der Waals surface area contributed by atoms with Gasteiger partial charge in [-0.2, -0.15) is 13.2 Å². The monoisotopic (exact) mass is 578 g/mol. The molecule has 3 N–H and O–H groups in total. The number of imidazole rings is 1. The van der Waals surface area contributed by atoms with Gasteiger partial charge < -0.3 is 29.8 Å². The molecule has 3 amide bonds. The topological polar surface area (TPSA) is 164 Å². The van der Waals surface area contributed by atoms with Crippen molar-refractivity contribution >= 4 is 34.8 Å². The lowest BCUT2D eigenvalue weighted by molar-refractivity contribution is -0.134. The third-order valence-corrected chi connectivity index (χ3v) is 5.78. The maximum atomic E-state index is 13.1. The van der Waals surface area contributed by atoms with Crippen LogP contribution in [0, 0.1) is 0 Å². The molecule has 0 bridgehead atoms. The number of nitrogens with zero attached hydrogens (tertiary/aromatic N) is 5. The molecule has 3 aromatic rings. The largest absolute Gasteiger partial charge is 0.453 e. The van der Waals surface area contributed by atoms with Gasteiger partial charge in [-0.3, -0.25) is 14.4 Å². The highest BCUT2D eigenvalue weighted by Gasteiger charge is 2.27. The van der Waals surface area contributed by atoms with Crippen molar-refractivity contribution in [3.8, 4) is 0 Å². The van der Waals surface area contributed by atoms with Crippen molar-refractivity contribution in [2.24, 2.45) is 0 Å². The van der Waals surface area contributed by atoms with Crippen LogP contribution in [0.4, 0.5) is 23.7 Å². The maximum absolute atomic E-state index is 13.1. The van der Waals surface area contributed by atoms with E-state index in [1.807, 2.05) is 0 Å². The Morgan fingerprint density at radius 1 is 1.24 bits per heavy atom. The molecule has 3 heterocycles. The molecule has 0 aromatic carbocycles. The fourth-order valence-electron chi connectivity index (χ4n) is 3.65. The van der Waals surface area contributed by atoms with Crippen LogP contribution in [-0.2, 0) is 27.3 Å². The van der Waals surface area contributed by atoms with Gasteiger partial charge in [0.25, 0.3) is 5.56 Å². The van der Waals surface area contributed by atoms with E-state index in [1.54, 1.807) is 20.2 Å². The first-order chi connectivity index (χ1) is 19.4. The molecule has 3 aromatic heterocycles. The number of methoxy groups -OCH3 is 1. The summed E-state index contributed by atoms with van der Waals surface area (Å²) in [7, 11) is 4.32. The molecule has 0 radical (unpaired) electrons. The van der Waals surface area contributed by atoms with E-state index in [0.717, 1.165) is 13.4 Å². The van der Waals surface area contributed by atoms with Crippen molar-refractivity contribution in [1.82, 2.24) is 34.7 Å². The number of likely N-dealkylation sites (N-methyl/N-ethyl adjacent to an activating group) is 1. The van der Waals surface area contributed by atoms with E-state index >= 15 is 0 Å².